The van der Waals surface area contributed by atoms with Gasteiger partial charge in [0.05, 0.1) is 19.1 Å². The third kappa shape index (κ3) is 1.83. The first-order valence-corrected chi connectivity index (χ1v) is 5.19. The van der Waals surface area contributed by atoms with Crippen molar-refractivity contribution < 1.29 is 19.4 Å². The van der Waals surface area contributed by atoms with Gasteiger partial charge in [-0.2, -0.15) is 0 Å². The van der Waals surface area contributed by atoms with Crippen LogP contribution in [0.3, 0.4) is 0 Å². The Bertz CT molecular complexity index is 413. The zero-order valence-electron chi connectivity index (χ0n) is 9.27. The van der Waals surface area contributed by atoms with Crippen molar-refractivity contribution >= 4 is 5.97 Å². The molecule has 0 bridgehead atoms. The number of ether oxygens (including phenoxy) is 2. The summed E-state index contributed by atoms with van der Waals surface area (Å²) in [5.74, 6) is 0.00807. The third-order valence-electron chi connectivity index (χ3n) is 2.79. The van der Waals surface area contributed by atoms with Crippen LogP contribution in [0.4, 0.5) is 0 Å². The van der Waals surface area contributed by atoms with Crippen molar-refractivity contribution in [3.63, 3.8) is 0 Å². The molecule has 0 fully saturated rings. The molecule has 86 valence electrons. The number of rotatable bonds is 2. The fraction of sp³-hybridized carbons (Fsp3) is 0.417. The van der Waals surface area contributed by atoms with Crippen molar-refractivity contribution in [1.29, 1.82) is 0 Å². The first-order valence-electron chi connectivity index (χ1n) is 5.19. The molecular weight excluding hydrogens is 208 g/mol. The van der Waals surface area contributed by atoms with Gasteiger partial charge in [-0.25, -0.2) is 0 Å². The van der Waals surface area contributed by atoms with Gasteiger partial charge in [0.1, 0.15) is 11.5 Å². The van der Waals surface area contributed by atoms with Crippen LogP contribution in [-0.2, 0) is 4.79 Å². The quantitative estimate of drug-likeness (QED) is 0.831. The molecule has 2 rings (SSSR count). The summed E-state index contributed by atoms with van der Waals surface area (Å²) in [4.78, 5) is 11.1. The Labute approximate surface area is 93.8 Å². The summed E-state index contributed by atoms with van der Waals surface area (Å²) in [5.41, 5.74) is 0.728. The molecule has 0 amide bonds. The minimum atomic E-state index is -0.804. The average Bonchev–Trinajstić information content (AvgIpc) is 2.26. The van der Waals surface area contributed by atoms with Crippen molar-refractivity contribution in [2.75, 3.05) is 7.11 Å². The second kappa shape index (κ2) is 4.04. The molecule has 1 heterocycles. The number of aliphatic carboxylic acids is 1. The SMILES string of the molecule is COc1ccc2c(c1)OC(C)CC2C(=O)O. The molecule has 1 aliphatic heterocycles. The Morgan fingerprint density at radius 1 is 1.56 bits per heavy atom. The van der Waals surface area contributed by atoms with E-state index in [-0.39, 0.29) is 6.10 Å². The normalized spacial score (nSPS) is 23.1. The molecule has 1 aliphatic rings. The van der Waals surface area contributed by atoms with Gasteiger partial charge in [0.2, 0.25) is 0 Å². The summed E-state index contributed by atoms with van der Waals surface area (Å²) in [7, 11) is 1.57. The lowest BCUT2D eigenvalue weighted by Gasteiger charge is -2.28. The molecule has 4 heteroatoms. The van der Waals surface area contributed by atoms with E-state index in [0.717, 1.165) is 5.56 Å². The smallest absolute Gasteiger partial charge is 0.311 e. The van der Waals surface area contributed by atoms with Crippen LogP contribution in [0.1, 0.15) is 24.8 Å². The van der Waals surface area contributed by atoms with Crippen LogP contribution in [0.2, 0.25) is 0 Å². The predicted molar refractivity (Wildman–Crippen MR) is 58.1 cm³/mol. The van der Waals surface area contributed by atoms with Gasteiger partial charge in [-0.1, -0.05) is 6.07 Å². The zero-order chi connectivity index (χ0) is 11.7. The summed E-state index contributed by atoms with van der Waals surface area (Å²) >= 11 is 0. The lowest BCUT2D eigenvalue weighted by atomic mass is 9.90. The van der Waals surface area contributed by atoms with E-state index in [0.29, 0.717) is 17.9 Å². The number of hydrogen-bond acceptors (Lipinski definition) is 3. The lowest BCUT2D eigenvalue weighted by Crippen LogP contribution is -2.27. The maximum Gasteiger partial charge on any atom is 0.311 e. The second-order valence-corrected chi connectivity index (χ2v) is 3.96. The topological polar surface area (TPSA) is 55.8 Å². The summed E-state index contributed by atoms with van der Waals surface area (Å²) in [6.45, 7) is 1.87. The van der Waals surface area contributed by atoms with Crippen LogP contribution in [-0.4, -0.2) is 24.3 Å². The highest BCUT2D eigenvalue weighted by atomic mass is 16.5. The number of benzene rings is 1. The molecule has 2 atom stereocenters. The van der Waals surface area contributed by atoms with Crippen molar-refractivity contribution in [1.82, 2.24) is 0 Å². The molecule has 1 aromatic rings. The standard InChI is InChI=1S/C12H14O4/c1-7-5-10(12(13)14)9-4-3-8(15-2)6-11(9)16-7/h3-4,6-7,10H,5H2,1-2H3,(H,13,14). The molecule has 0 saturated carbocycles. The number of hydrogen-bond donors (Lipinski definition) is 1. The van der Waals surface area contributed by atoms with Crippen LogP contribution in [0.5, 0.6) is 11.5 Å². The third-order valence-corrected chi connectivity index (χ3v) is 2.79. The zero-order valence-corrected chi connectivity index (χ0v) is 9.27. The highest BCUT2D eigenvalue weighted by Gasteiger charge is 2.31. The summed E-state index contributed by atoms with van der Waals surface area (Å²) in [6.07, 6.45) is 0.426. The van der Waals surface area contributed by atoms with Crippen molar-refractivity contribution in [2.45, 2.75) is 25.4 Å². The van der Waals surface area contributed by atoms with Crippen molar-refractivity contribution in [3.8, 4) is 11.5 Å². The Kier molecular flexibility index (Phi) is 2.73. The molecule has 0 aliphatic carbocycles. The number of carbonyl (C=O) groups is 1. The largest absolute Gasteiger partial charge is 0.497 e. The van der Waals surface area contributed by atoms with Gasteiger partial charge in [-0.3, -0.25) is 4.79 Å². The van der Waals surface area contributed by atoms with Gasteiger partial charge in [0.15, 0.2) is 0 Å². The Hall–Kier alpha value is -1.71. The highest BCUT2D eigenvalue weighted by Crippen LogP contribution is 2.38. The van der Waals surface area contributed by atoms with E-state index in [2.05, 4.69) is 0 Å². The van der Waals surface area contributed by atoms with Crippen LogP contribution in [0.15, 0.2) is 18.2 Å². The molecule has 16 heavy (non-hydrogen) atoms. The minimum Gasteiger partial charge on any atom is -0.497 e. The van der Waals surface area contributed by atoms with E-state index in [1.54, 1.807) is 25.3 Å². The van der Waals surface area contributed by atoms with Gasteiger partial charge < -0.3 is 14.6 Å². The lowest BCUT2D eigenvalue weighted by molar-refractivity contribution is -0.139. The van der Waals surface area contributed by atoms with Crippen LogP contribution >= 0.6 is 0 Å². The molecule has 0 aromatic heterocycles. The van der Waals surface area contributed by atoms with Gasteiger partial charge in [-0.15, -0.1) is 0 Å². The Morgan fingerprint density at radius 2 is 2.31 bits per heavy atom. The fourth-order valence-electron chi connectivity index (χ4n) is 1.99. The van der Waals surface area contributed by atoms with Gasteiger partial charge in [0.25, 0.3) is 0 Å². The minimum absolute atomic E-state index is 0.0827. The number of carboxylic acids is 1. The maximum absolute atomic E-state index is 11.1. The van der Waals surface area contributed by atoms with Crippen molar-refractivity contribution in [3.05, 3.63) is 23.8 Å². The van der Waals surface area contributed by atoms with Crippen molar-refractivity contribution in [2.24, 2.45) is 0 Å². The van der Waals surface area contributed by atoms with Gasteiger partial charge >= 0.3 is 5.97 Å². The molecule has 1 N–H and O–H groups in total. The molecular formula is C12H14O4. The number of fused-ring (bicyclic) bond motifs is 1. The monoisotopic (exact) mass is 222 g/mol. The predicted octanol–water partition coefficient (Wildman–Crippen LogP) is 2.03. The van der Waals surface area contributed by atoms with E-state index >= 15 is 0 Å². The van der Waals surface area contributed by atoms with E-state index in [1.165, 1.54) is 0 Å². The average molecular weight is 222 g/mol. The second-order valence-electron chi connectivity index (χ2n) is 3.96. The van der Waals surface area contributed by atoms with Crippen LogP contribution in [0.25, 0.3) is 0 Å². The summed E-state index contributed by atoms with van der Waals surface area (Å²) < 4.78 is 10.7. The number of methoxy groups -OCH3 is 1. The molecule has 4 nitrogen and oxygen atoms in total. The first kappa shape index (κ1) is 10.8. The van der Waals surface area contributed by atoms with E-state index in [1.807, 2.05) is 6.92 Å². The molecule has 0 spiro atoms. The fourth-order valence-corrected chi connectivity index (χ4v) is 1.99. The molecule has 1 aromatic carbocycles. The van der Waals surface area contributed by atoms with E-state index < -0.39 is 11.9 Å². The molecule has 2 unspecified atom stereocenters. The van der Waals surface area contributed by atoms with Crippen LogP contribution < -0.4 is 9.47 Å². The van der Waals surface area contributed by atoms with Crippen LogP contribution in [0, 0.1) is 0 Å². The molecule has 0 radical (unpaired) electrons. The Morgan fingerprint density at radius 3 is 2.94 bits per heavy atom. The summed E-state index contributed by atoms with van der Waals surface area (Å²) in [5, 5.41) is 9.14. The van der Waals surface area contributed by atoms with Gasteiger partial charge in [0, 0.05) is 18.1 Å². The van der Waals surface area contributed by atoms with E-state index in [4.69, 9.17) is 14.6 Å². The highest BCUT2D eigenvalue weighted by molar-refractivity contribution is 5.78. The molecule has 0 saturated heterocycles. The van der Waals surface area contributed by atoms with Gasteiger partial charge in [-0.05, 0) is 13.0 Å². The number of carboxylic acid groups (broad SMARTS) is 1. The maximum atomic E-state index is 11.1. The van der Waals surface area contributed by atoms with E-state index in [9.17, 15) is 4.79 Å². The Balaban J connectivity index is 2.43. The first-order chi connectivity index (χ1) is 7.61. The summed E-state index contributed by atoms with van der Waals surface area (Å²) in [6, 6.07) is 5.26.